The highest BCUT2D eigenvalue weighted by Crippen LogP contribution is 2.10. The third kappa shape index (κ3) is 7.15. The molecule has 1 aromatic rings. The molecule has 0 bridgehead atoms. The second kappa shape index (κ2) is 8.90. The number of rotatable bonds is 5. The Morgan fingerprint density at radius 2 is 2.16 bits per heavy atom. The van der Waals surface area contributed by atoms with Gasteiger partial charge in [-0.1, -0.05) is 18.2 Å². The highest BCUT2D eigenvalue weighted by atomic mass is 127. The summed E-state index contributed by atoms with van der Waals surface area (Å²) in [7, 11) is 0. The number of aliphatic imine (C=N–C) groups is 1. The summed E-state index contributed by atoms with van der Waals surface area (Å²) in [5, 5.41) is 3.02. The summed E-state index contributed by atoms with van der Waals surface area (Å²) < 4.78 is 12.9. The molecule has 0 heterocycles. The van der Waals surface area contributed by atoms with E-state index in [0.29, 0.717) is 19.0 Å². The maximum absolute atomic E-state index is 12.9. The topological polar surface area (TPSA) is 50.4 Å². The molecule has 1 aromatic carbocycles. The van der Waals surface area contributed by atoms with Crippen LogP contribution in [0.3, 0.4) is 0 Å². The summed E-state index contributed by atoms with van der Waals surface area (Å²) in [5.41, 5.74) is 8.71. The minimum Gasteiger partial charge on any atom is -0.370 e. The van der Waals surface area contributed by atoms with Crippen molar-refractivity contribution >= 4 is 29.9 Å². The molecule has 0 saturated carbocycles. The monoisotopic (exact) mass is 377 g/mol. The first-order valence-electron chi connectivity index (χ1n) is 5.92. The Bertz CT molecular complexity index is 458. The van der Waals surface area contributed by atoms with Gasteiger partial charge in [-0.05, 0) is 43.5 Å². The highest BCUT2D eigenvalue weighted by Gasteiger charge is 2.00. The average Bonchev–Trinajstić information content (AvgIpc) is 2.29. The van der Waals surface area contributed by atoms with Crippen molar-refractivity contribution in [2.45, 2.75) is 20.3 Å². The van der Waals surface area contributed by atoms with Crippen LogP contribution in [0.4, 0.5) is 4.39 Å². The van der Waals surface area contributed by atoms with Gasteiger partial charge in [-0.15, -0.1) is 24.0 Å². The van der Waals surface area contributed by atoms with Gasteiger partial charge in [0, 0.05) is 6.54 Å². The van der Waals surface area contributed by atoms with Crippen LogP contribution in [0.5, 0.6) is 0 Å². The second-order valence-corrected chi connectivity index (χ2v) is 4.41. The fraction of sp³-hybridized carbons (Fsp3) is 0.357. The zero-order valence-corrected chi connectivity index (χ0v) is 13.7. The molecule has 3 N–H and O–H groups in total. The molecule has 0 aliphatic rings. The van der Waals surface area contributed by atoms with Crippen molar-refractivity contribution in [2.75, 3.05) is 13.1 Å². The van der Waals surface area contributed by atoms with Crippen molar-refractivity contribution in [3.05, 3.63) is 47.3 Å². The van der Waals surface area contributed by atoms with Crippen molar-refractivity contribution in [3.8, 4) is 0 Å². The molecule has 0 aliphatic heterocycles. The molecule has 0 radical (unpaired) electrons. The lowest BCUT2D eigenvalue weighted by Gasteiger charge is -2.08. The highest BCUT2D eigenvalue weighted by molar-refractivity contribution is 14.0. The first-order chi connectivity index (χ1) is 8.49. The normalized spacial score (nSPS) is 10.8. The molecule has 0 aliphatic carbocycles. The van der Waals surface area contributed by atoms with Crippen molar-refractivity contribution in [2.24, 2.45) is 10.7 Å². The molecule has 0 amide bonds. The molecule has 0 unspecified atom stereocenters. The molecule has 3 nitrogen and oxygen atoms in total. The standard InChI is InChI=1S/C14H20FN3.HI/c1-10(2)9-18-14(16)17-7-6-12-4-5-13(15)8-11(12)3;/h4-5,8H,1,6-7,9H2,2-3H3,(H3,16,17,18);1H. The van der Waals surface area contributed by atoms with Gasteiger partial charge in [0.25, 0.3) is 0 Å². The Labute approximate surface area is 131 Å². The number of guanidine groups is 1. The molecule has 19 heavy (non-hydrogen) atoms. The maximum atomic E-state index is 12.9. The average molecular weight is 377 g/mol. The van der Waals surface area contributed by atoms with E-state index in [9.17, 15) is 4.39 Å². The third-order valence-electron chi connectivity index (χ3n) is 2.52. The summed E-state index contributed by atoms with van der Waals surface area (Å²) in [6.07, 6.45) is 0.787. The van der Waals surface area contributed by atoms with Crippen LogP contribution in [0.1, 0.15) is 18.1 Å². The molecule has 0 atom stereocenters. The van der Waals surface area contributed by atoms with Gasteiger partial charge in [0.05, 0.1) is 6.54 Å². The number of nitrogens with one attached hydrogen (secondary N) is 1. The Morgan fingerprint density at radius 3 is 2.74 bits per heavy atom. The summed E-state index contributed by atoms with van der Waals surface area (Å²) >= 11 is 0. The minimum absolute atomic E-state index is 0. The molecule has 0 spiro atoms. The second-order valence-electron chi connectivity index (χ2n) is 4.41. The SMILES string of the molecule is C=C(C)CN=C(N)NCCc1ccc(F)cc1C.I. The predicted molar refractivity (Wildman–Crippen MR) is 89.6 cm³/mol. The van der Waals surface area contributed by atoms with Crippen LogP contribution in [0.15, 0.2) is 35.3 Å². The van der Waals surface area contributed by atoms with Crippen LogP contribution in [-0.2, 0) is 6.42 Å². The lowest BCUT2D eigenvalue weighted by molar-refractivity contribution is 0.625. The minimum atomic E-state index is -0.202. The van der Waals surface area contributed by atoms with Crippen molar-refractivity contribution < 1.29 is 4.39 Å². The molecule has 0 saturated heterocycles. The third-order valence-corrected chi connectivity index (χ3v) is 2.52. The molecule has 5 heteroatoms. The Hall–Kier alpha value is -1.11. The Morgan fingerprint density at radius 1 is 1.47 bits per heavy atom. The molecule has 0 fully saturated rings. The Kier molecular flexibility index (Phi) is 8.38. The lowest BCUT2D eigenvalue weighted by atomic mass is 10.1. The molecular formula is C14H21FIN3. The number of hydrogen-bond acceptors (Lipinski definition) is 1. The van der Waals surface area contributed by atoms with Crippen molar-refractivity contribution in [3.63, 3.8) is 0 Å². The van der Waals surface area contributed by atoms with Crippen LogP contribution >= 0.6 is 24.0 Å². The van der Waals surface area contributed by atoms with Gasteiger partial charge in [-0.25, -0.2) is 9.38 Å². The zero-order chi connectivity index (χ0) is 13.5. The number of nitrogens with zero attached hydrogens (tertiary/aromatic N) is 1. The van der Waals surface area contributed by atoms with Gasteiger partial charge in [0.2, 0.25) is 0 Å². The first kappa shape index (κ1) is 17.9. The van der Waals surface area contributed by atoms with Gasteiger partial charge < -0.3 is 11.1 Å². The number of nitrogens with two attached hydrogens (primary N) is 1. The predicted octanol–water partition coefficient (Wildman–Crippen LogP) is 2.78. The van der Waals surface area contributed by atoms with E-state index in [4.69, 9.17) is 5.73 Å². The van der Waals surface area contributed by atoms with Crippen molar-refractivity contribution in [1.82, 2.24) is 5.32 Å². The number of benzene rings is 1. The quantitative estimate of drug-likeness (QED) is 0.359. The van der Waals surface area contributed by atoms with E-state index in [1.165, 1.54) is 12.1 Å². The van der Waals surface area contributed by atoms with E-state index < -0.39 is 0 Å². The van der Waals surface area contributed by atoms with E-state index in [0.717, 1.165) is 23.1 Å². The number of hydrogen-bond donors (Lipinski definition) is 2. The summed E-state index contributed by atoms with van der Waals surface area (Å²) in [6, 6.07) is 4.81. The maximum Gasteiger partial charge on any atom is 0.188 e. The van der Waals surface area contributed by atoms with Crippen LogP contribution in [0.2, 0.25) is 0 Å². The van der Waals surface area contributed by atoms with Gasteiger partial charge in [0.15, 0.2) is 5.96 Å². The smallest absolute Gasteiger partial charge is 0.188 e. The van der Waals surface area contributed by atoms with Crippen LogP contribution in [-0.4, -0.2) is 19.0 Å². The first-order valence-corrected chi connectivity index (χ1v) is 5.92. The molecular weight excluding hydrogens is 356 g/mol. The van der Waals surface area contributed by atoms with Gasteiger partial charge in [-0.3, -0.25) is 0 Å². The van der Waals surface area contributed by atoms with E-state index >= 15 is 0 Å². The summed E-state index contributed by atoms with van der Waals surface area (Å²) in [6.45, 7) is 8.76. The summed E-state index contributed by atoms with van der Waals surface area (Å²) in [4.78, 5) is 4.12. The number of aryl methyl sites for hydroxylation is 1. The number of halogens is 2. The van der Waals surface area contributed by atoms with Gasteiger partial charge in [-0.2, -0.15) is 0 Å². The van der Waals surface area contributed by atoms with Gasteiger partial charge in [0.1, 0.15) is 5.82 Å². The lowest BCUT2D eigenvalue weighted by Crippen LogP contribution is -2.33. The molecule has 0 aromatic heterocycles. The van der Waals surface area contributed by atoms with Crippen LogP contribution in [0.25, 0.3) is 0 Å². The summed E-state index contributed by atoms with van der Waals surface area (Å²) in [5.74, 6) is 0.213. The fourth-order valence-electron chi connectivity index (χ4n) is 1.54. The van der Waals surface area contributed by atoms with Crippen molar-refractivity contribution in [1.29, 1.82) is 0 Å². The Balaban J connectivity index is 0.00000324. The van der Waals surface area contributed by atoms with Crippen LogP contribution < -0.4 is 11.1 Å². The largest absolute Gasteiger partial charge is 0.370 e. The van der Waals surface area contributed by atoms with Crippen LogP contribution in [0, 0.1) is 12.7 Å². The van der Waals surface area contributed by atoms with E-state index in [1.54, 1.807) is 6.07 Å². The van der Waals surface area contributed by atoms with Gasteiger partial charge >= 0.3 is 0 Å². The zero-order valence-electron chi connectivity index (χ0n) is 11.4. The van der Waals surface area contributed by atoms with E-state index in [-0.39, 0.29) is 29.8 Å². The molecule has 1 rings (SSSR count). The molecule has 106 valence electrons. The van der Waals surface area contributed by atoms with E-state index in [2.05, 4.69) is 16.9 Å². The fourth-order valence-corrected chi connectivity index (χ4v) is 1.54. The van der Waals surface area contributed by atoms with E-state index in [1.807, 2.05) is 13.8 Å².